The molecule has 8 heteroatoms. The van der Waals surface area contributed by atoms with Crippen LogP contribution in [0.2, 0.25) is 0 Å². The van der Waals surface area contributed by atoms with Gasteiger partial charge < -0.3 is 10.6 Å². The second-order valence-electron chi connectivity index (χ2n) is 6.99. The molecule has 0 radical (unpaired) electrons. The van der Waals surface area contributed by atoms with Gasteiger partial charge in [0, 0.05) is 26.2 Å². The summed E-state index contributed by atoms with van der Waals surface area (Å²) in [5, 5.41) is 6.33. The molecule has 2 aromatic carbocycles. The molecule has 0 bridgehead atoms. The Morgan fingerprint density at radius 3 is 2.24 bits per heavy atom. The summed E-state index contributed by atoms with van der Waals surface area (Å²) in [6.07, 6.45) is 0.531. The van der Waals surface area contributed by atoms with Crippen molar-refractivity contribution in [2.75, 3.05) is 13.6 Å². The third-order valence-corrected chi connectivity index (χ3v) is 5.72. The average Bonchev–Trinajstić information content (AvgIpc) is 2.65. The summed E-state index contributed by atoms with van der Waals surface area (Å²) in [6.45, 7) is 4.53. The smallest absolute Gasteiger partial charge is 0.216 e. The lowest BCUT2D eigenvalue weighted by atomic mass is 10.1. The van der Waals surface area contributed by atoms with Gasteiger partial charge in [-0.3, -0.25) is 4.99 Å². The van der Waals surface area contributed by atoms with Crippen molar-refractivity contribution in [3.05, 3.63) is 71.0 Å². The van der Waals surface area contributed by atoms with Crippen LogP contribution >= 0.6 is 0 Å². The number of aliphatic imine (C=N–C) groups is 1. The molecule has 158 valence electrons. The molecule has 0 aliphatic heterocycles. The predicted octanol–water partition coefficient (Wildman–Crippen LogP) is 2.56. The summed E-state index contributed by atoms with van der Waals surface area (Å²) in [5.74, 6) is 0.268. The highest BCUT2D eigenvalue weighted by molar-refractivity contribution is 7.88. The number of halogens is 1. The summed E-state index contributed by atoms with van der Waals surface area (Å²) in [7, 11) is -1.75. The lowest BCUT2D eigenvalue weighted by Crippen LogP contribution is -2.38. The van der Waals surface area contributed by atoms with Crippen molar-refractivity contribution < 1.29 is 12.8 Å². The van der Waals surface area contributed by atoms with Crippen molar-refractivity contribution in [2.45, 2.75) is 38.6 Å². The van der Waals surface area contributed by atoms with E-state index in [9.17, 15) is 12.8 Å². The summed E-state index contributed by atoms with van der Waals surface area (Å²) in [5.41, 5.74) is 2.25. The lowest BCUT2D eigenvalue weighted by Gasteiger charge is -2.15. The number of hydrogen-bond donors (Lipinski definition) is 3. The Bertz CT molecular complexity index is 930. The molecule has 0 aliphatic carbocycles. The largest absolute Gasteiger partial charge is 0.356 e. The van der Waals surface area contributed by atoms with Crippen LogP contribution in [0.4, 0.5) is 4.39 Å². The standard InChI is InChI=1S/C21H29FN4O2S/c1-16(2)26-29(27,28)15-19-10-5-4-9-18(19)14-25-21(23-3)24-13-12-17-8-6-7-11-20(17)22/h4-11,16,26H,12-15H2,1-3H3,(H2,23,24,25). The molecule has 0 saturated heterocycles. The minimum Gasteiger partial charge on any atom is -0.356 e. The summed E-state index contributed by atoms with van der Waals surface area (Å²) >= 11 is 0. The van der Waals surface area contributed by atoms with Crippen molar-refractivity contribution in [1.29, 1.82) is 0 Å². The number of sulfonamides is 1. The monoisotopic (exact) mass is 420 g/mol. The van der Waals surface area contributed by atoms with Crippen molar-refractivity contribution >= 4 is 16.0 Å². The molecule has 0 amide bonds. The molecule has 0 heterocycles. The van der Waals surface area contributed by atoms with E-state index in [0.717, 1.165) is 11.1 Å². The molecule has 0 aliphatic rings. The zero-order chi connectivity index (χ0) is 21.3. The van der Waals surface area contributed by atoms with E-state index in [4.69, 9.17) is 0 Å². The van der Waals surface area contributed by atoms with E-state index < -0.39 is 10.0 Å². The van der Waals surface area contributed by atoms with Crippen LogP contribution < -0.4 is 15.4 Å². The fourth-order valence-corrected chi connectivity index (χ4v) is 4.39. The van der Waals surface area contributed by atoms with Crippen LogP contribution in [0.3, 0.4) is 0 Å². The van der Waals surface area contributed by atoms with E-state index in [2.05, 4.69) is 20.3 Å². The fraction of sp³-hybridized carbons (Fsp3) is 0.381. The van der Waals surface area contributed by atoms with Crippen LogP contribution in [0.15, 0.2) is 53.5 Å². The van der Waals surface area contributed by atoms with E-state index in [-0.39, 0.29) is 17.6 Å². The first-order valence-electron chi connectivity index (χ1n) is 9.55. The third-order valence-electron chi connectivity index (χ3n) is 4.19. The summed E-state index contributed by atoms with van der Waals surface area (Å²) in [6, 6.07) is 13.9. The third kappa shape index (κ3) is 7.83. The Hall–Kier alpha value is -2.45. The molecule has 6 nitrogen and oxygen atoms in total. The van der Waals surface area contributed by atoms with Gasteiger partial charge in [0.15, 0.2) is 5.96 Å². The van der Waals surface area contributed by atoms with Gasteiger partial charge in [-0.15, -0.1) is 0 Å². The molecular weight excluding hydrogens is 391 g/mol. The number of guanidine groups is 1. The Morgan fingerprint density at radius 1 is 1.00 bits per heavy atom. The number of benzene rings is 2. The predicted molar refractivity (Wildman–Crippen MR) is 116 cm³/mol. The Kier molecular flexibility index (Phi) is 8.60. The number of hydrogen-bond acceptors (Lipinski definition) is 3. The molecule has 2 rings (SSSR count). The van der Waals surface area contributed by atoms with E-state index in [1.54, 1.807) is 33.0 Å². The topological polar surface area (TPSA) is 82.6 Å². The normalized spacial score (nSPS) is 12.2. The first-order chi connectivity index (χ1) is 13.8. The van der Waals surface area contributed by atoms with Gasteiger partial charge in [0.05, 0.1) is 5.75 Å². The van der Waals surface area contributed by atoms with Crippen molar-refractivity contribution in [2.24, 2.45) is 4.99 Å². The number of nitrogens with zero attached hydrogens (tertiary/aromatic N) is 1. The highest BCUT2D eigenvalue weighted by Gasteiger charge is 2.15. The van der Waals surface area contributed by atoms with Gasteiger partial charge in [-0.2, -0.15) is 0 Å². The average molecular weight is 421 g/mol. The molecule has 2 aromatic rings. The van der Waals surface area contributed by atoms with E-state index >= 15 is 0 Å². The zero-order valence-electron chi connectivity index (χ0n) is 17.1. The van der Waals surface area contributed by atoms with Crippen LogP contribution in [0.1, 0.15) is 30.5 Å². The van der Waals surface area contributed by atoms with Gasteiger partial charge in [0.2, 0.25) is 10.0 Å². The van der Waals surface area contributed by atoms with Crippen molar-refractivity contribution in [1.82, 2.24) is 15.4 Å². The van der Waals surface area contributed by atoms with Crippen LogP contribution in [0.25, 0.3) is 0 Å². The SMILES string of the molecule is CN=C(NCCc1ccccc1F)NCc1ccccc1CS(=O)(=O)NC(C)C. The van der Waals surface area contributed by atoms with Crippen LogP contribution in [0, 0.1) is 5.82 Å². The van der Waals surface area contributed by atoms with E-state index in [1.165, 1.54) is 6.07 Å². The molecule has 29 heavy (non-hydrogen) atoms. The minimum atomic E-state index is -3.41. The van der Waals surface area contributed by atoms with Crippen LogP contribution in [-0.2, 0) is 28.7 Å². The van der Waals surface area contributed by atoms with Gasteiger partial charge in [0.1, 0.15) is 5.82 Å². The van der Waals surface area contributed by atoms with Crippen molar-refractivity contribution in [3.8, 4) is 0 Å². The number of rotatable bonds is 9. The molecule has 0 spiro atoms. The molecule has 0 unspecified atom stereocenters. The quantitative estimate of drug-likeness (QED) is 0.430. The van der Waals surface area contributed by atoms with E-state index in [1.807, 2.05) is 30.3 Å². The molecule has 0 atom stereocenters. The highest BCUT2D eigenvalue weighted by atomic mass is 32.2. The maximum Gasteiger partial charge on any atom is 0.216 e. The fourth-order valence-electron chi connectivity index (χ4n) is 2.89. The zero-order valence-corrected chi connectivity index (χ0v) is 17.9. The van der Waals surface area contributed by atoms with Gasteiger partial charge in [0.25, 0.3) is 0 Å². The minimum absolute atomic E-state index is 0.0810. The van der Waals surface area contributed by atoms with Gasteiger partial charge in [-0.05, 0) is 43.0 Å². The van der Waals surface area contributed by atoms with Gasteiger partial charge in [-0.25, -0.2) is 17.5 Å². The molecule has 0 fully saturated rings. The van der Waals surface area contributed by atoms with Gasteiger partial charge >= 0.3 is 0 Å². The second kappa shape index (κ2) is 10.9. The summed E-state index contributed by atoms with van der Waals surface area (Å²) in [4.78, 5) is 4.17. The Morgan fingerprint density at radius 2 is 1.62 bits per heavy atom. The summed E-state index contributed by atoms with van der Waals surface area (Å²) < 4.78 is 40.8. The molecule has 0 saturated carbocycles. The maximum atomic E-state index is 13.7. The number of nitrogens with one attached hydrogen (secondary N) is 3. The second-order valence-corrected chi connectivity index (χ2v) is 8.75. The van der Waals surface area contributed by atoms with Crippen molar-refractivity contribution in [3.63, 3.8) is 0 Å². The van der Waals surface area contributed by atoms with Crippen LogP contribution in [0.5, 0.6) is 0 Å². The molecule has 0 aromatic heterocycles. The first-order valence-corrected chi connectivity index (χ1v) is 11.2. The lowest BCUT2D eigenvalue weighted by molar-refractivity contribution is 0.568. The van der Waals surface area contributed by atoms with Crippen LogP contribution in [-0.4, -0.2) is 34.0 Å². The highest BCUT2D eigenvalue weighted by Crippen LogP contribution is 2.12. The Balaban J connectivity index is 1.93. The van der Waals surface area contributed by atoms with E-state index in [0.29, 0.717) is 31.0 Å². The molecule has 3 N–H and O–H groups in total. The first kappa shape index (κ1) is 22.8. The van der Waals surface area contributed by atoms with Gasteiger partial charge in [-0.1, -0.05) is 42.5 Å². The maximum absolute atomic E-state index is 13.7. The Labute approximate surface area is 172 Å². The molecular formula is C21H29FN4O2S.